The largest absolute Gasteiger partial charge is 0.387 e. The maximum atomic E-state index is 13.3. The summed E-state index contributed by atoms with van der Waals surface area (Å²) < 4.78 is 0. The molecule has 2 rings (SSSR count). The minimum atomic E-state index is -1.19. The molecule has 2 atom stereocenters. The van der Waals surface area contributed by atoms with Gasteiger partial charge in [-0.1, -0.05) is 114 Å². The fourth-order valence-corrected chi connectivity index (χ4v) is 5.30. The van der Waals surface area contributed by atoms with Crippen LogP contribution in [0.15, 0.2) is 60.7 Å². The van der Waals surface area contributed by atoms with Crippen LogP contribution in [-0.4, -0.2) is 33.2 Å². The topological polar surface area (TPSA) is 98.7 Å². The first-order chi connectivity index (χ1) is 17.2. The molecule has 6 nitrogen and oxygen atoms in total. The Morgan fingerprint density at radius 2 is 0.889 bits per heavy atom. The average Bonchev–Trinajstić information content (AvgIpc) is 2.87. The quantitative estimate of drug-likeness (QED) is 0.265. The average molecular weight is 497 g/mol. The standard InChI is InChI=1S/C30H44N2O4/c1-5-19-29(35,20-6-2)25(23-15-11-9-12-16-23)31-27(33)28(34)32-26(24-17-13-10-14-18-24)30(36,21-7-3)22-8-4/h9-18,25-26,35-36H,5-8,19-22H2,1-4H3,(H,31,33)(H,32,34). The lowest BCUT2D eigenvalue weighted by atomic mass is 9.81. The second kappa shape index (κ2) is 14.1. The lowest BCUT2D eigenvalue weighted by Gasteiger charge is -2.38. The second-order valence-electron chi connectivity index (χ2n) is 9.84. The molecule has 2 amide bonds. The second-order valence-corrected chi connectivity index (χ2v) is 9.84. The molecule has 6 heteroatoms. The Bertz CT molecular complexity index is 843. The third-order valence-electron chi connectivity index (χ3n) is 6.83. The van der Waals surface area contributed by atoms with Crippen LogP contribution in [0.5, 0.6) is 0 Å². The number of hydrogen-bond acceptors (Lipinski definition) is 4. The summed E-state index contributed by atoms with van der Waals surface area (Å²) >= 11 is 0. The van der Waals surface area contributed by atoms with Gasteiger partial charge in [-0.05, 0) is 36.8 Å². The van der Waals surface area contributed by atoms with E-state index >= 15 is 0 Å². The highest BCUT2D eigenvalue weighted by molar-refractivity contribution is 6.35. The molecule has 0 aliphatic rings. The number of benzene rings is 2. The molecular weight excluding hydrogens is 452 g/mol. The van der Waals surface area contributed by atoms with Crippen LogP contribution in [-0.2, 0) is 9.59 Å². The van der Waals surface area contributed by atoms with E-state index in [0.29, 0.717) is 25.7 Å². The third-order valence-corrected chi connectivity index (χ3v) is 6.83. The molecule has 0 spiro atoms. The van der Waals surface area contributed by atoms with E-state index in [2.05, 4.69) is 10.6 Å². The van der Waals surface area contributed by atoms with Crippen LogP contribution in [0.25, 0.3) is 0 Å². The van der Waals surface area contributed by atoms with Crippen molar-refractivity contribution in [2.75, 3.05) is 0 Å². The van der Waals surface area contributed by atoms with Crippen LogP contribution in [0.1, 0.15) is 102 Å². The van der Waals surface area contributed by atoms with Crippen molar-refractivity contribution in [3.05, 3.63) is 71.8 Å². The molecule has 198 valence electrons. The lowest BCUT2D eigenvalue weighted by molar-refractivity contribution is -0.143. The molecule has 0 aliphatic heterocycles. The van der Waals surface area contributed by atoms with Gasteiger partial charge in [0.15, 0.2) is 0 Å². The zero-order valence-electron chi connectivity index (χ0n) is 22.3. The van der Waals surface area contributed by atoms with E-state index in [-0.39, 0.29) is 0 Å². The smallest absolute Gasteiger partial charge is 0.309 e. The summed E-state index contributed by atoms with van der Waals surface area (Å²) in [5, 5.41) is 28.9. The third kappa shape index (κ3) is 7.65. The number of carbonyl (C=O) groups is 2. The highest BCUT2D eigenvalue weighted by Gasteiger charge is 2.41. The number of aliphatic hydroxyl groups is 2. The van der Waals surface area contributed by atoms with Gasteiger partial charge in [-0.3, -0.25) is 9.59 Å². The molecule has 0 aromatic heterocycles. The van der Waals surface area contributed by atoms with Crippen LogP contribution < -0.4 is 10.6 Å². The predicted octanol–water partition coefficient (Wildman–Crippen LogP) is 5.36. The zero-order valence-corrected chi connectivity index (χ0v) is 22.3. The van der Waals surface area contributed by atoms with Crippen molar-refractivity contribution in [2.24, 2.45) is 0 Å². The number of nitrogens with one attached hydrogen (secondary N) is 2. The van der Waals surface area contributed by atoms with E-state index in [4.69, 9.17) is 0 Å². The number of carbonyl (C=O) groups excluding carboxylic acids is 2. The molecule has 0 fully saturated rings. The van der Waals surface area contributed by atoms with Gasteiger partial charge in [-0.15, -0.1) is 0 Å². The Hall–Kier alpha value is -2.70. The van der Waals surface area contributed by atoms with Crippen molar-refractivity contribution in [1.82, 2.24) is 10.6 Å². The summed E-state index contributed by atoms with van der Waals surface area (Å²) in [5.41, 5.74) is -0.887. The van der Waals surface area contributed by atoms with Gasteiger partial charge in [0.05, 0.1) is 23.3 Å². The lowest BCUT2D eigenvalue weighted by Crippen LogP contribution is -2.53. The minimum absolute atomic E-state index is 0.488. The minimum Gasteiger partial charge on any atom is -0.387 e. The van der Waals surface area contributed by atoms with Gasteiger partial charge in [0.1, 0.15) is 0 Å². The fourth-order valence-electron chi connectivity index (χ4n) is 5.30. The Morgan fingerprint density at radius 3 is 1.14 bits per heavy atom. The molecule has 2 unspecified atom stereocenters. The van der Waals surface area contributed by atoms with Gasteiger partial charge in [-0.25, -0.2) is 0 Å². The number of hydrogen-bond donors (Lipinski definition) is 4. The van der Waals surface area contributed by atoms with E-state index in [1.54, 1.807) is 0 Å². The highest BCUT2D eigenvalue weighted by Crippen LogP contribution is 2.36. The summed E-state index contributed by atoms with van der Waals surface area (Å²) in [5.74, 6) is -1.66. The van der Waals surface area contributed by atoms with Gasteiger partial charge in [0.2, 0.25) is 0 Å². The number of rotatable bonds is 14. The van der Waals surface area contributed by atoms with Gasteiger partial charge in [-0.2, -0.15) is 0 Å². The first kappa shape index (κ1) is 29.5. The van der Waals surface area contributed by atoms with Crippen molar-refractivity contribution < 1.29 is 19.8 Å². The summed E-state index contributed by atoms with van der Waals surface area (Å²) in [4.78, 5) is 26.6. The van der Waals surface area contributed by atoms with Crippen molar-refractivity contribution in [3.63, 3.8) is 0 Å². The van der Waals surface area contributed by atoms with Crippen molar-refractivity contribution in [3.8, 4) is 0 Å². The van der Waals surface area contributed by atoms with Crippen LogP contribution in [0.3, 0.4) is 0 Å². The molecule has 4 N–H and O–H groups in total. The van der Waals surface area contributed by atoms with Gasteiger partial charge >= 0.3 is 11.8 Å². The molecule has 0 aliphatic carbocycles. The van der Waals surface area contributed by atoms with Crippen molar-refractivity contribution >= 4 is 11.8 Å². The molecule has 2 aromatic carbocycles. The molecule has 0 radical (unpaired) electrons. The van der Waals surface area contributed by atoms with Crippen molar-refractivity contribution in [2.45, 2.75) is 102 Å². The zero-order chi connectivity index (χ0) is 26.6. The summed E-state index contributed by atoms with van der Waals surface area (Å²) in [6.07, 6.45) is 4.89. The molecule has 0 bridgehead atoms. The van der Waals surface area contributed by atoms with Gasteiger partial charge in [0.25, 0.3) is 0 Å². The first-order valence-electron chi connectivity index (χ1n) is 13.4. The fraction of sp³-hybridized carbons (Fsp3) is 0.533. The van der Waals surface area contributed by atoms with Crippen LogP contribution in [0, 0.1) is 0 Å². The van der Waals surface area contributed by atoms with Crippen molar-refractivity contribution in [1.29, 1.82) is 0 Å². The Morgan fingerprint density at radius 1 is 0.611 bits per heavy atom. The Labute approximate surface area is 216 Å². The van der Waals surface area contributed by atoms with Gasteiger partial charge in [0, 0.05) is 0 Å². The van der Waals surface area contributed by atoms with E-state index in [9.17, 15) is 19.8 Å². The van der Waals surface area contributed by atoms with Crippen LogP contribution >= 0.6 is 0 Å². The molecule has 0 saturated carbocycles. The van der Waals surface area contributed by atoms with E-state index in [0.717, 1.165) is 36.8 Å². The van der Waals surface area contributed by atoms with Gasteiger partial charge < -0.3 is 20.8 Å². The summed E-state index contributed by atoms with van der Waals surface area (Å²) in [6.45, 7) is 7.96. The Kier molecular flexibility index (Phi) is 11.6. The number of amides is 2. The summed E-state index contributed by atoms with van der Waals surface area (Å²) in [6, 6.07) is 17.1. The van der Waals surface area contributed by atoms with E-state index in [1.165, 1.54) is 0 Å². The molecule has 0 heterocycles. The van der Waals surface area contributed by atoms with Crippen LogP contribution in [0.4, 0.5) is 0 Å². The van der Waals surface area contributed by atoms with E-state index in [1.807, 2.05) is 88.4 Å². The molecule has 36 heavy (non-hydrogen) atoms. The molecular formula is C30H44N2O4. The first-order valence-corrected chi connectivity index (χ1v) is 13.4. The monoisotopic (exact) mass is 496 g/mol. The molecule has 0 saturated heterocycles. The highest BCUT2D eigenvalue weighted by atomic mass is 16.3. The van der Waals surface area contributed by atoms with E-state index < -0.39 is 35.1 Å². The summed E-state index contributed by atoms with van der Waals surface area (Å²) in [7, 11) is 0. The Balaban J connectivity index is 2.37. The SMILES string of the molecule is CCCC(O)(CCC)C(NC(=O)C(=O)NC(c1ccccc1)C(O)(CCC)CCC)c1ccccc1. The van der Waals surface area contributed by atoms with Crippen LogP contribution in [0.2, 0.25) is 0 Å². The maximum Gasteiger partial charge on any atom is 0.309 e. The molecule has 2 aromatic rings. The predicted molar refractivity (Wildman–Crippen MR) is 144 cm³/mol. The maximum absolute atomic E-state index is 13.3. The normalized spacial score (nSPS) is 13.6.